The summed E-state index contributed by atoms with van der Waals surface area (Å²) in [6.07, 6.45) is 0. The Morgan fingerprint density at radius 2 is 2.12 bits per heavy atom. The van der Waals surface area contributed by atoms with E-state index < -0.39 is 0 Å². The summed E-state index contributed by atoms with van der Waals surface area (Å²) in [5, 5.41) is 0. The van der Waals surface area contributed by atoms with Gasteiger partial charge in [0.05, 0.1) is 22.3 Å². The summed E-state index contributed by atoms with van der Waals surface area (Å²) < 4.78 is 16.1. The standard InChI is InChI=1S/C12H15IO4/c1-3-16-11-5-4-9(8-10(11)13)12(14)17-7-6-15-2/h4-5,8H,3,6-7H2,1-2H3. The van der Waals surface area contributed by atoms with Gasteiger partial charge in [-0.3, -0.25) is 0 Å². The van der Waals surface area contributed by atoms with Crippen molar-refractivity contribution in [2.75, 3.05) is 26.9 Å². The molecule has 0 atom stereocenters. The summed E-state index contributed by atoms with van der Waals surface area (Å²) in [6.45, 7) is 3.19. The maximum absolute atomic E-state index is 11.6. The van der Waals surface area contributed by atoms with E-state index in [0.717, 1.165) is 9.32 Å². The van der Waals surface area contributed by atoms with Crippen LogP contribution in [0.1, 0.15) is 17.3 Å². The van der Waals surface area contributed by atoms with E-state index in [9.17, 15) is 4.79 Å². The minimum absolute atomic E-state index is 0.263. The molecule has 4 nitrogen and oxygen atoms in total. The number of methoxy groups -OCH3 is 1. The van der Waals surface area contributed by atoms with E-state index in [1.165, 1.54) is 0 Å². The molecule has 0 radical (unpaired) electrons. The summed E-state index contributed by atoms with van der Waals surface area (Å²) in [4.78, 5) is 11.6. The first kappa shape index (κ1) is 14.2. The van der Waals surface area contributed by atoms with Crippen LogP contribution in [0.5, 0.6) is 5.75 Å². The molecule has 0 aliphatic rings. The Balaban J connectivity index is 2.65. The second-order valence-electron chi connectivity index (χ2n) is 3.21. The van der Waals surface area contributed by atoms with Gasteiger partial charge in [0.25, 0.3) is 0 Å². The third-order valence-corrected chi connectivity index (χ3v) is 2.83. The number of carbonyl (C=O) groups is 1. The van der Waals surface area contributed by atoms with Crippen molar-refractivity contribution in [3.8, 4) is 5.75 Å². The van der Waals surface area contributed by atoms with Crippen LogP contribution in [0, 0.1) is 3.57 Å². The maximum Gasteiger partial charge on any atom is 0.338 e. The molecule has 0 fully saturated rings. The van der Waals surface area contributed by atoms with Crippen molar-refractivity contribution in [3.63, 3.8) is 0 Å². The minimum atomic E-state index is -0.344. The van der Waals surface area contributed by atoms with Gasteiger partial charge in [0.2, 0.25) is 0 Å². The lowest BCUT2D eigenvalue weighted by atomic mass is 10.2. The highest BCUT2D eigenvalue weighted by Crippen LogP contribution is 2.22. The molecule has 0 aliphatic carbocycles. The fourth-order valence-electron chi connectivity index (χ4n) is 1.20. The van der Waals surface area contributed by atoms with Crippen molar-refractivity contribution in [2.45, 2.75) is 6.92 Å². The Morgan fingerprint density at radius 3 is 2.71 bits per heavy atom. The molecule has 0 amide bonds. The Labute approximate surface area is 114 Å². The molecular formula is C12H15IO4. The topological polar surface area (TPSA) is 44.8 Å². The van der Waals surface area contributed by atoms with E-state index >= 15 is 0 Å². The first-order valence-electron chi connectivity index (χ1n) is 5.27. The molecule has 0 N–H and O–H groups in total. The summed E-state index contributed by atoms with van der Waals surface area (Å²) in [7, 11) is 1.56. The van der Waals surface area contributed by atoms with Gasteiger partial charge in [-0.2, -0.15) is 0 Å². The number of halogens is 1. The van der Waals surface area contributed by atoms with Crippen molar-refractivity contribution >= 4 is 28.6 Å². The molecule has 0 heterocycles. The number of esters is 1. The van der Waals surface area contributed by atoms with E-state index in [1.54, 1.807) is 25.3 Å². The first-order chi connectivity index (χ1) is 8.19. The molecule has 0 aliphatic heterocycles. The quantitative estimate of drug-likeness (QED) is 0.449. The molecule has 1 aromatic carbocycles. The fourth-order valence-corrected chi connectivity index (χ4v) is 1.87. The molecule has 0 saturated carbocycles. The highest BCUT2D eigenvalue weighted by Gasteiger charge is 2.10. The van der Waals surface area contributed by atoms with Gasteiger partial charge < -0.3 is 14.2 Å². The normalized spacial score (nSPS) is 10.1. The third kappa shape index (κ3) is 4.51. The SMILES string of the molecule is CCOc1ccc(C(=O)OCCOC)cc1I. The second-order valence-corrected chi connectivity index (χ2v) is 4.37. The molecule has 0 saturated heterocycles. The lowest BCUT2D eigenvalue weighted by Gasteiger charge is -2.08. The molecular weight excluding hydrogens is 335 g/mol. The van der Waals surface area contributed by atoms with Crippen molar-refractivity contribution in [3.05, 3.63) is 27.3 Å². The smallest absolute Gasteiger partial charge is 0.338 e. The van der Waals surface area contributed by atoms with Gasteiger partial charge in [0.1, 0.15) is 12.4 Å². The summed E-state index contributed by atoms with van der Waals surface area (Å²) >= 11 is 2.13. The molecule has 5 heteroatoms. The number of carbonyl (C=O) groups excluding carboxylic acids is 1. The number of hydrogen-bond acceptors (Lipinski definition) is 4. The van der Waals surface area contributed by atoms with E-state index in [0.29, 0.717) is 18.8 Å². The van der Waals surface area contributed by atoms with Crippen molar-refractivity contribution in [1.82, 2.24) is 0 Å². The van der Waals surface area contributed by atoms with Gasteiger partial charge in [0.15, 0.2) is 0 Å². The number of ether oxygens (including phenoxy) is 3. The number of hydrogen-bond donors (Lipinski definition) is 0. The van der Waals surface area contributed by atoms with Gasteiger partial charge in [0, 0.05) is 7.11 Å². The van der Waals surface area contributed by atoms with Crippen LogP contribution in [0.2, 0.25) is 0 Å². The molecule has 1 rings (SSSR count). The lowest BCUT2D eigenvalue weighted by Crippen LogP contribution is -2.10. The van der Waals surface area contributed by atoms with Crippen LogP contribution < -0.4 is 4.74 Å². The zero-order valence-corrected chi connectivity index (χ0v) is 12.0. The highest BCUT2D eigenvalue weighted by atomic mass is 127. The van der Waals surface area contributed by atoms with Gasteiger partial charge in [-0.15, -0.1) is 0 Å². The average Bonchev–Trinajstić information content (AvgIpc) is 2.32. The van der Waals surface area contributed by atoms with E-state index in [4.69, 9.17) is 14.2 Å². The monoisotopic (exact) mass is 350 g/mol. The Morgan fingerprint density at radius 1 is 1.35 bits per heavy atom. The number of benzene rings is 1. The highest BCUT2D eigenvalue weighted by molar-refractivity contribution is 14.1. The van der Waals surface area contributed by atoms with Crippen LogP contribution in [0.15, 0.2) is 18.2 Å². The summed E-state index contributed by atoms with van der Waals surface area (Å²) in [5.41, 5.74) is 0.522. The van der Waals surface area contributed by atoms with Gasteiger partial charge in [-0.25, -0.2) is 4.79 Å². The van der Waals surface area contributed by atoms with Crippen LogP contribution >= 0.6 is 22.6 Å². The van der Waals surface area contributed by atoms with Gasteiger partial charge in [-0.1, -0.05) is 0 Å². The van der Waals surface area contributed by atoms with Crippen LogP contribution in [-0.2, 0) is 9.47 Å². The van der Waals surface area contributed by atoms with Crippen molar-refractivity contribution in [1.29, 1.82) is 0 Å². The second kappa shape index (κ2) is 7.50. The molecule has 94 valence electrons. The predicted octanol–water partition coefficient (Wildman–Crippen LogP) is 2.49. The van der Waals surface area contributed by atoms with Gasteiger partial charge >= 0.3 is 5.97 Å². The minimum Gasteiger partial charge on any atom is -0.493 e. The van der Waals surface area contributed by atoms with Crippen LogP contribution in [0.25, 0.3) is 0 Å². The third-order valence-electron chi connectivity index (χ3n) is 1.99. The lowest BCUT2D eigenvalue weighted by molar-refractivity contribution is 0.0388. The average molecular weight is 350 g/mol. The molecule has 0 spiro atoms. The zero-order valence-electron chi connectivity index (χ0n) is 9.86. The Bertz CT molecular complexity index is 379. The van der Waals surface area contributed by atoms with Gasteiger partial charge in [-0.05, 0) is 47.7 Å². The fraction of sp³-hybridized carbons (Fsp3) is 0.417. The first-order valence-corrected chi connectivity index (χ1v) is 6.35. The maximum atomic E-state index is 11.6. The summed E-state index contributed by atoms with van der Waals surface area (Å²) in [6, 6.07) is 5.22. The molecule has 0 unspecified atom stereocenters. The zero-order chi connectivity index (χ0) is 12.7. The molecule has 0 aromatic heterocycles. The largest absolute Gasteiger partial charge is 0.493 e. The molecule has 17 heavy (non-hydrogen) atoms. The van der Waals surface area contributed by atoms with E-state index in [1.807, 2.05) is 6.92 Å². The number of rotatable bonds is 6. The Kier molecular flexibility index (Phi) is 6.28. The van der Waals surface area contributed by atoms with E-state index in [-0.39, 0.29) is 12.6 Å². The molecule has 0 bridgehead atoms. The van der Waals surface area contributed by atoms with Crippen molar-refractivity contribution < 1.29 is 19.0 Å². The van der Waals surface area contributed by atoms with Crippen LogP contribution in [-0.4, -0.2) is 32.9 Å². The summed E-state index contributed by atoms with van der Waals surface area (Å²) in [5.74, 6) is 0.435. The van der Waals surface area contributed by atoms with Crippen molar-refractivity contribution in [2.24, 2.45) is 0 Å². The Hall–Kier alpha value is -0.820. The van der Waals surface area contributed by atoms with Crippen LogP contribution in [0.4, 0.5) is 0 Å². The van der Waals surface area contributed by atoms with E-state index in [2.05, 4.69) is 22.6 Å². The van der Waals surface area contributed by atoms with Crippen LogP contribution in [0.3, 0.4) is 0 Å². The predicted molar refractivity (Wildman–Crippen MR) is 72.5 cm³/mol. The molecule has 1 aromatic rings.